The van der Waals surface area contributed by atoms with Gasteiger partial charge < -0.3 is 5.11 Å². The number of hydrogen-bond acceptors (Lipinski definition) is 1. The maximum atomic E-state index is 11.0. The Morgan fingerprint density at radius 1 is 1.22 bits per heavy atom. The monoisotopic (exact) mass is 266 g/mol. The van der Waals surface area contributed by atoms with Crippen LogP contribution in [0.2, 0.25) is 5.02 Å². The summed E-state index contributed by atoms with van der Waals surface area (Å²) in [5.74, 6) is 1.02. The van der Waals surface area contributed by atoms with E-state index in [2.05, 4.69) is 6.92 Å². The summed E-state index contributed by atoms with van der Waals surface area (Å²) in [5.41, 5.74) is 0.267. The number of aliphatic hydroxyl groups is 1. The van der Waals surface area contributed by atoms with Crippen LogP contribution in [0.1, 0.15) is 51.5 Å². The standard InChI is InChI=1S/C16H23ClO/c1-3-12-6-4-5-7-15(12)16(2,18)13-8-10-14(17)11-9-13/h8-12,15,18H,3-7H2,1-2H3. The highest BCUT2D eigenvalue weighted by atomic mass is 35.5. The molecule has 2 heteroatoms. The molecule has 0 spiro atoms. The molecule has 2 rings (SSSR count). The van der Waals surface area contributed by atoms with Crippen molar-refractivity contribution in [1.29, 1.82) is 0 Å². The van der Waals surface area contributed by atoms with Crippen molar-refractivity contribution in [2.24, 2.45) is 11.8 Å². The Morgan fingerprint density at radius 3 is 2.44 bits per heavy atom. The van der Waals surface area contributed by atoms with Gasteiger partial charge in [0.05, 0.1) is 5.60 Å². The van der Waals surface area contributed by atoms with E-state index < -0.39 is 5.60 Å². The molecule has 100 valence electrons. The lowest BCUT2D eigenvalue weighted by atomic mass is 9.67. The average Bonchev–Trinajstić information content (AvgIpc) is 2.39. The smallest absolute Gasteiger partial charge is 0.0899 e. The first-order valence-corrected chi connectivity index (χ1v) is 7.42. The topological polar surface area (TPSA) is 20.2 Å². The van der Waals surface area contributed by atoms with Crippen LogP contribution in [0.3, 0.4) is 0 Å². The van der Waals surface area contributed by atoms with E-state index in [0.717, 1.165) is 23.4 Å². The van der Waals surface area contributed by atoms with Gasteiger partial charge in [0, 0.05) is 5.02 Å². The van der Waals surface area contributed by atoms with Gasteiger partial charge in [0.1, 0.15) is 0 Å². The maximum absolute atomic E-state index is 11.0. The highest BCUT2D eigenvalue weighted by molar-refractivity contribution is 6.30. The normalized spacial score (nSPS) is 27.8. The van der Waals surface area contributed by atoms with E-state index in [-0.39, 0.29) is 0 Å². The van der Waals surface area contributed by atoms with Gasteiger partial charge in [-0.3, -0.25) is 0 Å². The SMILES string of the molecule is CCC1CCCCC1C(C)(O)c1ccc(Cl)cc1. The molecule has 1 nitrogen and oxygen atoms in total. The molecule has 1 aromatic rings. The van der Waals surface area contributed by atoms with Crippen LogP contribution >= 0.6 is 11.6 Å². The van der Waals surface area contributed by atoms with E-state index in [1.807, 2.05) is 31.2 Å². The van der Waals surface area contributed by atoms with E-state index in [9.17, 15) is 5.11 Å². The second kappa shape index (κ2) is 5.63. The molecule has 1 fully saturated rings. The van der Waals surface area contributed by atoms with Gasteiger partial charge >= 0.3 is 0 Å². The number of halogens is 1. The van der Waals surface area contributed by atoms with Crippen molar-refractivity contribution in [3.8, 4) is 0 Å². The molecular weight excluding hydrogens is 244 g/mol. The van der Waals surface area contributed by atoms with Crippen molar-refractivity contribution in [2.45, 2.75) is 51.6 Å². The minimum Gasteiger partial charge on any atom is -0.385 e. The summed E-state index contributed by atoms with van der Waals surface area (Å²) in [4.78, 5) is 0. The molecule has 0 heterocycles. The van der Waals surface area contributed by atoms with Crippen molar-refractivity contribution >= 4 is 11.6 Å². The molecule has 0 bridgehead atoms. The van der Waals surface area contributed by atoms with Gasteiger partial charge in [0.25, 0.3) is 0 Å². The Hall–Kier alpha value is -0.530. The van der Waals surface area contributed by atoms with Crippen LogP contribution in [0, 0.1) is 11.8 Å². The van der Waals surface area contributed by atoms with Gasteiger partial charge in [-0.1, -0.05) is 56.3 Å². The lowest BCUT2D eigenvalue weighted by Crippen LogP contribution is -2.38. The van der Waals surface area contributed by atoms with Crippen LogP contribution in [-0.4, -0.2) is 5.11 Å². The highest BCUT2D eigenvalue weighted by Crippen LogP contribution is 2.43. The van der Waals surface area contributed by atoms with Crippen LogP contribution in [0.15, 0.2) is 24.3 Å². The summed E-state index contributed by atoms with van der Waals surface area (Å²) < 4.78 is 0. The molecule has 3 unspecified atom stereocenters. The molecule has 1 aliphatic rings. The fraction of sp³-hybridized carbons (Fsp3) is 0.625. The third-order valence-electron chi connectivity index (χ3n) is 4.58. The molecule has 1 aliphatic carbocycles. The zero-order chi connectivity index (χ0) is 13.2. The largest absolute Gasteiger partial charge is 0.385 e. The summed E-state index contributed by atoms with van der Waals surface area (Å²) in [6, 6.07) is 7.66. The zero-order valence-corrected chi connectivity index (χ0v) is 12.1. The van der Waals surface area contributed by atoms with Gasteiger partial charge in [-0.2, -0.15) is 0 Å². The third kappa shape index (κ3) is 2.73. The summed E-state index contributed by atoms with van der Waals surface area (Å²) in [6.07, 6.45) is 6.10. The molecule has 3 atom stereocenters. The van der Waals surface area contributed by atoms with Gasteiger partial charge in [0.2, 0.25) is 0 Å². The van der Waals surface area contributed by atoms with E-state index in [0.29, 0.717) is 11.8 Å². The fourth-order valence-electron chi connectivity index (χ4n) is 3.44. The first-order chi connectivity index (χ1) is 8.55. The maximum Gasteiger partial charge on any atom is 0.0899 e. The molecule has 0 aromatic heterocycles. The van der Waals surface area contributed by atoms with E-state index >= 15 is 0 Å². The first-order valence-electron chi connectivity index (χ1n) is 7.04. The second-order valence-corrected chi connectivity index (χ2v) is 6.15. The molecular formula is C16H23ClO. The van der Waals surface area contributed by atoms with E-state index in [4.69, 9.17) is 11.6 Å². The Balaban J connectivity index is 2.25. The number of benzene rings is 1. The Morgan fingerprint density at radius 2 is 1.83 bits per heavy atom. The summed E-state index contributed by atoms with van der Waals surface area (Å²) >= 11 is 5.92. The molecule has 0 amide bonds. The molecule has 0 aliphatic heterocycles. The van der Waals surface area contributed by atoms with Crippen LogP contribution in [0.4, 0.5) is 0 Å². The van der Waals surface area contributed by atoms with Crippen LogP contribution in [-0.2, 0) is 5.60 Å². The van der Waals surface area contributed by atoms with Crippen molar-refractivity contribution in [3.63, 3.8) is 0 Å². The Labute approximate surface area is 115 Å². The average molecular weight is 267 g/mol. The molecule has 0 saturated heterocycles. The van der Waals surface area contributed by atoms with Gasteiger partial charge in [0.15, 0.2) is 0 Å². The van der Waals surface area contributed by atoms with Gasteiger partial charge in [-0.15, -0.1) is 0 Å². The summed E-state index contributed by atoms with van der Waals surface area (Å²) in [5, 5.41) is 11.7. The second-order valence-electron chi connectivity index (χ2n) is 5.71. The number of hydrogen-bond donors (Lipinski definition) is 1. The van der Waals surface area contributed by atoms with E-state index in [1.165, 1.54) is 19.3 Å². The minimum atomic E-state index is -0.730. The molecule has 18 heavy (non-hydrogen) atoms. The molecule has 0 radical (unpaired) electrons. The summed E-state index contributed by atoms with van der Waals surface area (Å²) in [6.45, 7) is 4.20. The number of rotatable bonds is 3. The minimum absolute atomic E-state index is 0.373. The lowest BCUT2D eigenvalue weighted by molar-refractivity contribution is -0.0488. The van der Waals surface area contributed by atoms with Gasteiger partial charge in [-0.25, -0.2) is 0 Å². The Kier molecular flexibility index (Phi) is 4.34. The fourth-order valence-corrected chi connectivity index (χ4v) is 3.56. The van der Waals surface area contributed by atoms with Crippen molar-refractivity contribution in [1.82, 2.24) is 0 Å². The zero-order valence-electron chi connectivity index (χ0n) is 11.3. The first kappa shape index (κ1) is 13.9. The molecule has 1 saturated carbocycles. The predicted molar refractivity (Wildman–Crippen MR) is 76.8 cm³/mol. The molecule has 1 N–H and O–H groups in total. The molecule has 1 aromatic carbocycles. The third-order valence-corrected chi connectivity index (χ3v) is 4.84. The quantitative estimate of drug-likeness (QED) is 0.836. The highest BCUT2D eigenvalue weighted by Gasteiger charge is 2.39. The van der Waals surface area contributed by atoms with E-state index in [1.54, 1.807) is 0 Å². The lowest BCUT2D eigenvalue weighted by Gasteiger charge is -2.41. The van der Waals surface area contributed by atoms with Crippen molar-refractivity contribution < 1.29 is 5.11 Å². The van der Waals surface area contributed by atoms with Gasteiger partial charge in [-0.05, 0) is 42.9 Å². The summed E-state index contributed by atoms with van der Waals surface area (Å²) in [7, 11) is 0. The van der Waals surface area contributed by atoms with Crippen LogP contribution < -0.4 is 0 Å². The van der Waals surface area contributed by atoms with Crippen molar-refractivity contribution in [2.75, 3.05) is 0 Å². The van der Waals surface area contributed by atoms with Crippen molar-refractivity contribution in [3.05, 3.63) is 34.9 Å². The predicted octanol–water partition coefficient (Wildman–Crippen LogP) is 4.76. The Bertz CT molecular complexity index is 383. The van der Waals surface area contributed by atoms with Crippen LogP contribution in [0.5, 0.6) is 0 Å². The van der Waals surface area contributed by atoms with Crippen LogP contribution in [0.25, 0.3) is 0 Å².